The highest BCUT2D eigenvalue weighted by Gasteiger charge is 1.69. The first-order chi connectivity index (χ1) is 3.27. The normalized spacial score (nSPS) is 10.0. The highest BCUT2D eigenvalue weighted by atomic mass is 32.2. The van der Waals surface area contributed by atoms with Crippen LogP contribution in [-0.2, 0) is 0 Å². The smallest absolute Gasteiger partial charge is 0.0374 e. The van der Waals surface area contributed by atoms with Crippen molar-refractivity contribution in [1.29, 1.82) is 0 Å². The first-order valence-corrected chi connectivity index (χ1v) is 3.17. The van der Waals surface area contributed by atoms with E-state index in [2.05, 4.69) is 11.0 Å². The van der Waals surface area contributed by atoms with Gasteiger partial charge in [-0.25, -0.2) is 4.40 Å². The van der Waals surface area contributed by atoms with E-state index in [-0.39, 0.29) is 0 Å². The quantitative estimate of drug-likeness (QED) is 0.395. The first kappa shape index (κ1) is 6.76. The minimum Gasteiger partial charge on any atom is -0.225 e. The summed E-state index contributed by atoms with van der Waals surface area (Å²) in [5.74, 6) is 0. The van der Waals surface area contributed by atoms with Crippen LogP contribution in [0.1, 0.15) is 6.92 Å². The van der Waals surface area contributed by atoms with Crippen LogP contribution in [0.15, 0.2) is 16.5 Å². The molecule has 1 nitrogen and oxygen atoms in total. The van der Waals surface area contributed by atoms with E-state index < -0.39 is 0 Å². The Morgan fingerprint density at radius 3 is 2.57 bits per heavy atom. The lowest BCUT2D eigenvalue weighted by Crippen LogP contribution is -1.67. The van der Waals surface area contributed by atoms with E-state index in [1.807, 2.05) is 13.2 Å². The number of hydrogen-bond donors (Lipinski definition) is 0. The predicted molar refractivity (Wildman–Crippen MR) is 36.8 cm³/mol. The number of allylic oxidation sites excluding steroid dienone is 1. The van der Waals surface area contributed by atoms with E-state index in [0.29, 0.717) is 0 Å². The molecule has 0 aliphatic carbocycles. The molecule has 0 aromatic heterocycles. The summed E-state index contributed by atoms with van der Waals surface area (Å²) in [6, 6.07) is 0. The van der Waals surface area contributed by atoms with Crippen LogP contribution >= 0.6 is 11.9 Å². The monoisotopic (exact) mass is 115 g/mol. The van der Waals surface area contributed by atoms with Crippen LogP contribution in [0.25, 0.3) is 0 Å². The van der Waals surface area contributed by atoms with Crippen molar-refractivity contribution in [2.24, 2.45) is 4.40 Å². The number of hydrogen-bond acceptors (Lipinski definition) is 2. The van der Waals surface area contributed by atoms with E-state index in [9.17, 15) is 0 Å². The van der Waals surface area contributed by atoms with Crippen molar-refractivity contribution in [2.45, 2.75) is 6.92 Å². The standard InChI is InChI=1S/C5H9NS/c1-5(2)4-6-7-3/h4H,1H2,2-3H3. The van der Waals surface area contributed by atoms with E-state index in [1.54, 1.807) is 6.21 Å². The van der Waals surface area contributed by atoms with Crippen molar-refractivity contribution in [2.75, 3.05) is 6.26 Å². The van der Waals surface area contributed by atoms with Gasteiger partial charge in [0.05, 0.1) is 0 Å². The molecule has 0 aliphatic rings. The largest absolute Gasteiger partial charge is 0.225 e. The van der Waals surface area contributed by atoms with Crippen molar-refractivity contribution < 1.29 is 0 Å². The third-order valence-corrected chi connectivity index (χ3v) is 0.695. The molecular weight excluding hydrogens is 106 g/mol. The molecule has 40 valence electrons. The van der Waals surface area contributed by atoms with Gasteiger partial charge >= 0.3 is 0 Å². The number of rotatable bonds is 2. The van der Waals surface area contributed by atoms with Crippen molar-refractivity contribution >= 4 is 18.2 Å². The molecule has 2 heteroatoms. The lowest BCUT2D eigenvalue weighted by Gasteiger charge is -1.79. The highest BCUT2D eigenvalue weighted by Crippen LogP contribution is 1.91. The van der Waals surface area contributed by atoms with Crippen LogP contribution < -0.4 is 0 Å². The third kappa shape index (κ3) is 5.76. The van der Waals surface area contributed by atoms with Crippen molar-refractivity contribution in [3.8, 4) is 0 Å². The molecule has 0 saturated carbocycles. The molecule has 0 N–H and O–H groups in total. The first-order valence-electron chi connectivity index (χ1n) is 1.99. The Hall–Kier alpha value is -0.240. The summed E-state index contributed by atoms with van der Waals surface area (Å²) in [4.78, 5) is 0. The van der Waals surface area contributed by atoms with Crippen LogP contribution in [-0.4, -0.2) is 12.5 Å². The summed E-state index contributed by atoms with van der Waals surface area (Å²) in [6.45, 7) is 5.55. The second-order valence-corrected chi connectivity index (χ2v) is 1.84. The molecule has 0 radical (unpaired) electrons. The molecule has 0 aliphatic heterocycles. The van der Waals surface area contributed by atoms with Crippen LogP contribution in [0, 0.1) is 0 Å². The molecule has 0 unspecified atom stereocenters. The Bertz CT molecular complexity index is 86.1. The summed E-state index contributed by atoms with van der Waals surface area (Å²) in [5.41, 5.74) is 0.995. The molecule has 0 aromatic carbocycles. The van der Waals surface area contributed by atoms with Crippen LogP contribution in [0.2, 0.25) is 0 Å². The van der Waals surface area contributed by atoms with Gasteiger partial charge in [-0.15, -0.1) is 0 Å². The molecule has 0 bridgehead atoms. The Morgan fingerprint density at radius 1 is 1.86 bits per heavy atom. The Balaban J connectivity index is 3.26. The van der Waals surface area contributed by atoms with E-state index in [0.717, 1.165) is 5.57 Å². The molecule has 0 fully saturated rings. The molecular formula is C5H9NS. The molecule has 0 spiro atoms. The molecule has 0 saturated heterocycles. The van der Waals surface area contributed by atoms with Gasteiger partial charge in [-0.3, -0.25) is 0 Å². The van der Waals surface area contributed by atoms with Gasteiger partial charge in [-0.1, -0.05) is 6.58 Å². The van der Waals surface area contributed by atoms with Gasteiger partial charge < -0.3 is 0 Å². The highest BCUT2D eigenvalue weighted by molar-refractivity contribution is 7.97. The summed E-state index contributed by atoms with van der Waals surface area (Å²) < 4.78 is 3.86. The summed E-state index contributed by atoms with van der Waals surface area (Å²) in [6.07, 6.45) is 3.66. The average Bonchev–Trinajstić information content (AvgIpc) is 1.61. The summed E-state index contributed by atoms with van der Waals surface area (Å²) in [7, 11) is 0. The van der Waals surface area contributed by atoms with Crippen molar-refractivity contribution in [3.05, 3.63) is 12.2 Å². The van der Waals surface area contributed by atoms with Gasteiger partial charge in [0.15, 0.2) is 0 Å². The van der Waals surface area contributed by atoms with Gasteiger partial charge in [0.2, 0.25) is 0 Å². The summed E-state index contributed by atoms with van der Waals surface area (Å²) >= 11 is 1.44. The maximum absolute atomic E-state index is 3.86. The molecule has 0 rings (SSSR count). The van der Waals surface area contributed by atoms with Gasteiger partial charge in [0.1, 0.15) is 0 Å². The third-order valence-electron chi connectivity index (χ3n) is 0.379. The lowest BCUT2D eigenvalue weighted by molar-refractivity contribution is 1.66. The molecule has 0 aromatic rings. The molecule has 0 heterocycles. The van der Waals surface area contributed by atoms with Crippen LogP contribution in [0.3, 0.4) is 0 Å². The van der Waals surface area contributed by atoms with Gasteiger partial charge in [0, 0.05) is 12.5 Å². The van der Waals surface area contributed by atoms with E-state index >= 15 is 0 Å². The SMILES string of the molecule is C=C(C)C=NSC. The summed E-state index contributed by atoms with van der Waals surface area (Å²) in [5, 5.41) is 0. The van der Waals surface area contributed by atoms with E-state index in [4.69, 9.17) is 0 Å². The fraction of sp³-hybridized carbons (Fsp3) is 0.400. The maximum atomic E-state index is 3.86. The minimum atomic E-state index is 0.995. The fourth-order valence-corrected chi connectivity index (χ4v) is 0.428. The zero-order valence-corrected chi connectivity index (χ0v) is 5.46. The van der Waals surface area contributed by atoms with E-state index in [1.165, 1.54) is 11.9 Å². The minimum absolute atomic E-state index is 0.995. The van der Waals surface area contributed by atoms with Crippen molar-refractivity contribution in [3.63, 3.8) is 0 Å². The Morgan fingerprint density at radius 2 is 2.43 bits per heavy atom. The topological polar surface area (TPSA) is 12.4 Å². The molecule has 0 atom stereocenters. The lowest BCUT2D eigenvalue weighted by atomic mass is 10.4. The van der Waals surface area contributed by atoms with Gasteiger partial charge in [-0.2, -0.15) is 0 Å². The van der Waals surface area contributed by atoms with Gasteiger partial charge in [-0.05, 0) is 24.4 Å². The average molecular weight is 115 g/mol. The maximum Gasteiger partial charge on any atom is 0.0374 e. The molecule has 7 heavy (non-hydrogen) atoms. The molecule has 0 amide bonds. The zero-order valence-electron chi connectivity index (χ0n) is 4.64. The zero-order chi connectivity index (χ0) is 5.70. The van der Waals surface area contributed by atoms with Crippen molar-refractivity contribution in [1.82, 2.24) is 0 Å². The Labute approximate surface area is 48.7 Å². The second kappa shape index (κ2) is 3.93. The van der Waals surface area contributed by atoms with Crippen LogP contribution in [0.4, 0.5) is 0 Å². The number of nitrogens with zero attached hydrogens (tertiary/aromatic N) is 1. The predicted octanol–water partition coefficient (Wildman–Crippen LogP) is 1.91. The second-order valence-electron chi connectivity index (χ2n) is 1.26. The fourth-order valence-electron chi connectivity index (χ4n) is 0.143. The Kier molecular flexibility index (Phi) is 3.80. The van der Waals surface area contributed by atoms with Crippen LogP contribution in [0.5, 0.6) is 0 Å². The van der Waals surface area contributed by atoms with Gasteiger partial charge in [0.25, 0.3) is 0 Å².